The topological polar surface area (TPSA) is 120 Å². The third kappa shape index (κ3) is 2.87. The number of aliphatic hydroxyl groups is 1. The molecule has 0 saturated heterocycles. The number of ketones is 2. The van der Waals surface area contributed by atoms with Gasteiger partial charge in [-0.2, -0.15) is 0 Å². The average molecular weight is 383 g/mol. The van der Waals surface area contributed by atoms with Crippen molar-refractivity contribution < 1.29 is 33.8 Å². The van der Waals surface area contributed by atoms with Crippen molar-refractivity contribution in [1.82, 2.24) is 4.98 Å². The zero-order valence-corrected chi connectivity index (χ0v) is 15.4. The van der Waals surface area contributed by atoms with E-state index in [0.29, 0.717) is 5.56 Å². The number of hydrogen-bond acceptors (Lipinski definition) is 8. The first kappa shape index (κ1) is 19.4. The number of hydrogen-bond donors (Lipinski definition) is 1. The molecule has 0 bridgehead atoms. The molecule has 1 atom stereocenters. The molecule has 0 saturated carbocycles. The van der Waals surface area contributed by atoms with Crippen LogP contribution in [0.25, 0.3) is 11.1 Å². The van der Waals surface area contributed by atoms with E-state index < -0.39 is 35.5 Å². The van der Waals surface area contributed by atoms with Crippen molar-refractivity contribution in [1.29, 1.82) is 0 Å². The summed E-state index contributed by atoms with van der Waals surface area (Å²) in [5.74, 6) is -2.87. The Hall–Kier alpha value is -3.39. The number of nitrogens with zero attached hydrogens (tertiary/aromatic N) is 1. The number of aromatic nitrogens is 1. The van der Waals surface area contributed by atoms with Crippen LogP contribution in [0.3, 0.4) is 0 Å². The highest BCUT2D eigenvalue weighted by molar-refractivity contribution is 6.15. The second-order valence-electron chi connectivity index (χ2n) is 6.38. The predicted molar refractivity (Wildman–Crippen MR) is 95.9 cm³/mol. The minimum atomic E-state index is -2.33. The monoisotopic (exact) mass is 383 g/mol. The van der Waals surface area contributed by atoms with Gasteiger partial charge in [0.15, 0.2) is 5.60 Å². The molecular weight excluding hydrogens is 366 g/mol. The number of ether oxygens (including phenoxy) is 2. The Bertz CT molecular complexity index is 1030. The van der Waals surface area contributed by atoms with Crippen molar-refractivity contribution in [3.63, 3.8) is 0 Å². The number of pyridine rings is 1. The Balaban J connectivity index is 2.47. The maximum atomic E-state index is 13.1. The van der Waals surface area contributed by atoms with E-state index in [2.05, 4.69) is 9.72 Å². The third-order valence-electron chi connectivity index (χ3n) is 4.53. The maximum Gasteiger partial charge on any atom is 0.356 e. The summed E-state index contributed by atoms with van der Waals surface area (Å²) < 4.78 is 9.46. The first-order valence-electron chi connectivity index (χ1n) is 8.32. The van der Waals surface area contributed by atoms with Crippen LogP contribution in [0.15, 0.2) is 30.3 Å². The molecule has 0 fully saturated rings. The zero-order valence-electron chi connectivity index (χ0n) is 15.4. The lowest BCUT2D eigenvalue weighted by Gasteiger charge is -2.33. The van der Waals surface area contributed by atoms with Crippen LogP contribution in [0.4, 0.5) is 0 Å². The van der Waals surface area contributed by atoms with E-state index in [4.69, 9.17) is 4.74 Å². The number of Topliss-reactive ketones (excluding diaryl/α,β-unsaturated/α-hetero) is 2. The van der Waals surface area contributed by atoms with Gasteiger partial charge in [-0.25, -0.2) is 14.6 Å². The van der Waals surface area contributed by atoms with Crippen LogP contribution in [-0.4, -0.2) is 47.8 Å². The van der Waals surface area contributed by atoms with Crippen LogP contribution in [-0.2, 0) is 19.9 Å². The molecular formula is C20H17NO7. The fourth-order valence-electron chi connectivity index (χ4n) is 3.35. The standard InChI is InChI=1S/C20H17NO7/c1-10(22)9-20(26)16-15(11-6-4-5-7-12(11)17(20)23)13(18(24)27-2)8-14(21-16)19(25)28-3/h4-8,26H,9H2,1-3H3. The van der Waals surface area contributed by atoms with Gasteiger partial charge >= 0.3 is 11.9 Å². The number of carbonyl (C=O) groups excluding carboxylic acids is 4. The summed E-state index contributed by atoms with van der Waals surface area (Å²) >= 11 is 0. The van der Waals surface area contributed by atoms with Crippen LogP contribution in [0.5, 0.6) is 0 Å². The first-order chi connectivity index (χ1) is 13.2. The first-order valence-corrected chi connectivity index (χ1v) is 8.32. The number of methoxy groups -OCH3 is 2. The molecule has 1 aliphatic rings. The molecule has 8 heteroatoms. The summed E-state index contributed by atoms with van der Waals surface area (Å²) in [5, 5.41) is 11.2. The zero-order chi connectivity index (χ0) is 20.6. The van der Waals surface area contributed by atoms with Gasteiger partial charge in [0.25, 0.3) is 0 Å². The molecule has 1 N–H and O–H groups in total. The molecule has 1 heterocycles. The number of esters is 2. The quantitative estimate of drug-likeness (QED) is 0.792. The Labute approximate surface area is 160 Å². The van der Waals surface area contributed by atoms with Crippen LogP contribution in [0.1, 0.15) is 50.2 Å². The molecule has 144 valence electrons. The Morgan fingerprint density at radius 3 is 2.25 bits per heavy atom. The second kappa shape index (κ2) is 6.97. The van der Waals surface area contributed by atoms with Gasteiger partial charge in [0.05, 0.1) is 25.5 Å². The second-order valence-corrected chi connectivity index (χ2v) is 6.38. The van der Waals surface area contributed by atoms with Gasteiger partial charge in [-0.3, -0.25) is 9.59 Å². The van der Waals surface area contributed by atoms with Crippen molar-refractivity contribution >= 4 is 23.5 Å². The summed E-state index contributed by atoms with van der Waals surface area (Å²) in [7, 11) is 2.29. The highest BCUT2D eigenvalue weighted by atomic mass is 16.5. The van der Waals surface area contributed by atoms with Crippen molar-refractivity contribution in [2.24, 2.45) is 0 Å². The number of benzene rings is 1. The molecule has 1 aromatic heterocycles. The van der Waals surface area contributed by atoms with Gasteiger partial charge in [-0.05, 0) is 18.6 Å². The van der Waals surface area contributed by atoms with Gasteiger partial charge in [-0.1, -0.05) is 24.3 Å². The van der Waals surface area contributed by atoms with Gasteiger partial charge in [-0.15, -0.1) is 0 Å². The van der Waals surface area contributed by atoms with Gasteiger partial charge < -0.3 is 14.6 Å². The van der Waals surface area contributed by atoms with E-state index in [9.17, 15) is 24.3 Å². The van der Waals surface area contributed by atoms with Gasteiger partial charge in [0.2, 0.25) is 5.78 Å². The van der Waals surface area contributed by atoms with E-state index in [-0.39, 0.29) is 28.1 Å². The van der Waals surface area contributed by atoms with Crippen molar-refractivity contribution in [2.45, 2.75) is 18.9 Å². The predicted octanol–water partition coefficient (Wildman–Crippen LogP) is 1.68. The molecule has 1 aromatic carbocycles. The highest BCUT2D eigenvalue weighted by Gasteiger charge is 2.48. The van der Waals surface area contributed by atoms with Crippen LogP contribution >= 0.6 is 0 Å². The fourth-order valence-corrected chi connectivity index (χ4v) is 3.35. The summed E-state index contributed by atoms with van der Waals surface area (Å²) in [4.78, 5) is 53.5. The number of rotatable bonds is 4. The molecule has 3 rings (SSSR count). The van der Waals surface area contributed by atoms with Crippen LogP contribution in [0.2, 0.25) is 0 Å². The van der Waals surface area contributed by atoms with Crippen molar-refractivity contribution in [2.75, 3.05) is 14.2 Å². The number of fused-ring (bicyclic) bond motifs is 3. The fraction of sp³-hybridized carbons (Fsp3) is 0.250. The minimum absolute atomic E-state index is 0.0742. The summed E-state index contributed by atoms with van der Waals surface area (Å²) in [6, 6.07) is 7.51. The van der Waals surface area contributed by atoms with Crippen LogP contribution in [0, 0.1) is 0 Å². The third-order valence-corrected chi connectivity index (χ3v) is 4.53. The van der Waals surface area contributed by atoms with E-state index >= 15 is 0 Å². The summed E-state index contributed by atoms with van der Waals surface area (Å²) in [6.45, 7) is 1.22. The molecule has 8 nitrogen and oxygen atoms in total. The summed E-state index contributed by atoms with van der Waals surface area (Å²) in [6.07, 6.45) is -0.564. The molecule has 0 amide bonds. The summed E-state index contributed by atoms with van der Waals surface area (Å²) in [5.41, 5.74) is -2.34. The lowest BCUT2D eigenvalue weighted by molar-refractivity contribution is -0.121. The van der Waals surface area contributed by atoms with E-state index in [0.717, 1.165) is 14.2 Å². The average Bonchev–Trinajstić information content (AvgIpc) is 2.69. The molecule has 28 heavy (non-hydrogen) atoms. The lowest BCUT2D eigenvalue weighted by Crippen LogP contribution is -2.42. The molecule has 0 spiro atoms. The molecule has 0 radical (unpaired) electrons. The van der Waals surface area contributed by atoms with Crippen LogP contribution < -0.4 is 0 Å². The normalized spacial score (nSPS) is 17.4. The Morgan fingerprint density at radius 2 is 1.68 bits per heavy atom. The molecule has 1 unspecified atom stereocenters. The van der Waals surface area contributed by atoms with Gasteiger partial charge in [0.1, 0.15) is 11.5 Å². The minimum Gasteiger partial charge on any atom is -0.465 e. The van der Waals surface area contributed by atoms with E-state index in [1.807, 2.05) is 0 Å². The van der Waals surface area contributed by atoms with E-state index in [1.54, 1.807) is 18.2 Å². The molecule has 0 aliphatic heterocycles. The number of carbonyl (C=O) groups is 4. The lowest BCUT2D eigenvalue weighted by atomic mass is 9.73. The maximum absolute atomic E-state index is 13.1. The Kier molecular flexibility index (Phi) is 4.82. The van der Waals surface area contributed by atoms with Crippen molar-refractivity contribution in [3.8, 4) is 11.1 Å². The smallest absolute Gasteiger partial charge is 0.356 e. The molecule has 2 aromatic rings. The molecule has 1 aliphatic carbocycles. The Morgan fingerprint density at radius 1 is 1.07 bits per heavy atom. The van der Waals surface area contributed by atoms with Gasteiger partial charge in [0, 0.05) is 17.5 Å². The van der Waals surface area contributed by atoms with Crippen molar-refractivity contribution in [3.05, 3.63) is 52.8 Å². The largest absolute Gasteiger partial charge is 0.465 e. The SMILES string of the molecule is COC(=O)c1cc(C(=O)OC)c2c(n1)C(O)(CC(C)=O)C(=O)c1ccccc1-2. The highest BCUT2D eigenvalue weighted by Crippen LogP contribution is 2.44. The van der Waals surface area contributed by atoms with E-state index in [1.165, 1.54) is 19.1 Å².